The molecule has 4 heteroatoms. The van der Waals surface area contributed by atoms with Crippen LogP contribution in [0.2, 0.25) is 0 Å². The average molecular weight is 194 g/mol. The molecule has 0 atom stereocenters. The molecule has 1 aromatic heterocycles. The third-order valence-electron chi connectivity index (χ3n) is 1.84. The Hall–Kier alpha value is -1.58. The van der Waals surface area contributed by atoms with Crippen molar-refractivity contribution in [3.05, 3.63) is 34.2 Å². The van der Waals surface area contributed by atoms with Crippen LogP contribution < -0.4 is 10.9 Å². The van der Waals surface area contributed by atoms with Gasteiger partial charge in [-0.15, -0.1) is 0 Å². The Morgan fingerprint density at radius 3 is 2.86 bits per heavy atom. The summed E-state index contributed by atoms with van der Waals surface area (Å²) >= 11 is 0. The number of carbonyl (C=O) groups is 1. The van der Waals surface area contributed by atoms with Gasteiger partial charge in [0.25, 0.3) is 5.56 Å². The van der Waals surface area contributed by atoms with E-state index in [1.807, 2.05) is 13.8 Å². The van der Waals surface area contributed by atoms with Crippen molar-refractivity contribution in [2.45, 2.75) is 20.4 Å². The second-order valence-electron chi connectivity index (χ2n) is 3.12. The molecule has 14 heavy (non-hydrogen) atoms. The highest BCUT2D eigenvalue weighted by Gasteiger charge is 2.01. The van der Waals surface area contributed by atoms with Crippen LogP contribution in [0, 0.1) is 6.92 Å². The van der Waals surface area contributed by atoms with E-state index in [-0.39, 0.29) is 18.0 Å². The number of pyridine rings is 1. The lowest BCUT2D eigenvalue weighted by Gasteiger charge is -2.05. The maximum atomic E-state index is 11.4. The molecule has 76 valence electrons. The molecular formula is C10H14N2O2. The van der Waals surface area contributed by atoms with E-state index >= 15 is 0 Å². The number of amides is 1. The van der Waals surface area contributed by atoms with Crippen molar-refractivity contribution in [1.29, 1.82) is 0 Å². The van der Waals surface area contributed by atoms with Gasteiger partial charge in [-0.05, 0) is 25.5 Å². The topological polar surface area (TPSA) is 51.1 Å². The van der Waals surface area contributed by atoms with Gasteiger partial charge < -0.3 is 9.88 Å². The van der Waals surface area contributed by atoms with E-state index in [0.717, 1.165) is 5.56 Å². The van der Waals surface area contributed by atoms with E-state index in [0.29, 0.717) is 6.54 Å². The first-order chi connectivity index (χ1) is 6.63. The summed E-state index contributed by atoms with van der Waals surface area (Å²) in [6, 6.07) is 3.32. The Kier molecular flexibility index (Phi) is 3.45. The monoisotopic (exact) mass is 194 g/mol. The minimum Gasteiger partial charge on any atom is -0.355 e. The van der Waals surface area contributed by atoms with Gasteiger partial charge >= 0.3 is 0 Å². The number of aromatic nitrogens is 1. The summed E-state index contributed by atoms with van der Waals surface area (Å²) in [5.41, 5.74) is 0.762. The smallest absolute Gasteiger partial charge is 0.251 e. The van der Waals surface area contributed by atoms with Gasteiger partial charge in [-0.25, -0.2) is 0 Å². The number of nitrogens with one attached hydrogen (secondary N) is 1. The van der Waals surface area contributed by atoms with Crippen LogP contribution in [-0.4, -0.2) is 17.0 Å². The Morgan fingerprint density at radius 1 is 1.57 bits per heavy atom. The van der Waals surface area contributed by atoms with E-state index < -0.39 is 0 Å². The van der Waals surface area contributed by atoms with Crippen LogP contribution in [0.15, 0.2) is 23.1 Å². The molecule has 0 aromatic carbocycles. The molecule has 0 saturated carbocycles. The zero-order chi connectivity index (χ0) is 10.6. The number of likely N-dealkylation sites (N-methyl/N-ethyl adjacent to an activating group) is 1. The summed E-state index contributed by atoms with van der Waals surface area (Å²) in [5.74, 6) is -0.140. The lowest BCUT2D eigenvalue weighted by Crippen LogP contribution is -2.31. The van der Waals surface area contributed by atoms with Crippen LogP contribution in [0.25, 0.3) is 0 Å². The number of hydrogen-bond acceptors (Lipinski definition) is 2. The number of nitrogens with zero attached hydrogens (tertiary/aromatic N) is 1. The van der Waals surface area contributed by atoms with Crippen molar-refractivity contribution in [1.82, 2.24) is 9.88 Å². The van der Waals surface area contributed by atoms with Gasteiger partial charge in [-0.1, -0.05) is 0 Å². The van der Waals surface area contributed by atoms with Crippen LogP contribution in [0.5, 0.6) is 0 Å². The van der Waals surface area contributed by atoms with Crippen LogP contribution in [0.4, 0.5) is 0 Å². The molecule has 1 aromatic rings. The zero-order valence-corrected chi connectivity index (χ0v) is 8.41. The van der Waals surface area contributed by atoms with Crippen molar-refractivity contribution >= 4 is 5.91 Å². The molecule has 1 N–H and O–H groups in total. The molecule has 1 amide bonds. The number of aryl methyl sites for hydroxylation is 1. The van der Waals surface area contributed by atoms with Gasteiger partial charge in [-0.2, -0.15) is 0 Å². The second-order valence-corrected chi connectivity index (χ2v) is 3.12. The van der Waals surface area contributed by atoms with Gasteiger partial charge in [0.15, 0.2) is 0 Å². The van der Waals surface area contributed by atoms with Crippen molar-refractivity contribution in [3.8, 4) is 0 Å². The molecule has 0 bridgehead atoms. The first-order valence-corrected chi connectivity index (χ1v) is 4.57. The van der Waals surface area contributed by atoms with E-state index in [1.165, 1.54) is 10.6 Å². The standard InChI is InChI=1S/C10H14N2O2/c1-3-11-9(13)7-12-5-4-8(2)6-10(12)14/h4-6H,3,7H2,1-2H3,(H,11,13). The van der Waals surface area contributed by atoms with Crippen LogP contribution >= 0.6 is 0 Å². The highest BCUT2D eigenvalue weighted by atomic mass is 16.2. The summed E-state index contributed by atoms with van der Waals surface area (Å²) in [7, 11) is 0. The third kappa shape index (κ3) is 2.73. The Labute approximate surface area is 82.6 Å². The van der Waals surface area contributed by atoms with Crippen LogP contribution in [-0.2, 0) is 11.3 Å². The molecule has 0 saturated heterocycles. The molecule has 0 fully saturated rings. The van der Waals surface area contributed by atoms with Crippen molar-refractivity contribution in [3.63, 3.8) is 0 Å². The van der Waals surface area contributed by atoms with E-state index in [2.05, 4.69) is 5.32 Å². The first-order valence-electron chi connectivity index (χ1n) is 4.57. The zero-order valence-electron chi connectivity index (χ0n) is 8.41. The minimum absolute atomic E-state index is 0.0902. The molecule has 0 aliphatic carbocycles. The maximum absolute atomic E-state index is 11.4. The molecule has 4 nitrogen and oxygen atoms in total. The fourth-order valence-electron chi connectivity index (χ4n) is 1.15. The third-order valence-corrected chi connectivity index (χ3v) is 1.84. The van der Waals surface area contributed by atoms with Crippen LogP contribution in [0.1, 0.15) is 12.5 Å². The molecule has 1 rings (SSSR count). The van der Waals surface area contributed by atoms with Gasteiger partial charge in [0.05, 0.1) is 0 Å². The van der Waals surface area contributed by atoms with E-state index in [9.17, 15) is 9.59 Å². The Bertz CT molecular complexity index is 382. The van der Waals surface area contributed by atoms with Crippen molar-refractivity contribution in [2.75, 3.05) is 6.54 Å². The van der Waals surface area contributed by atoms with Crippen LogP contribution in [0.3, 0.4) is 0 Å². The highest BCUT2D eigenvalue weighted by Crippen LogP contribution is 1.90. The fourth-order valence-corrected chi connectivity index (χ4v) is 1.15. The fraction of sp³-hybridized carbons (Fsp3) is 0.400. The Balaban J connectivity index is 2.77. The predicted molar refractivity (Wildman–Crippen MR) is 54.1 cm³/mol. The van der Waals surface area contributed by atoms with Gasteiger partial charge in [0.1, 0.15) is 6.54 Å². The highest BCUT2D eigenvalue weighted by molar-refractivity contribution is 5.75. The second kappa shape index (κ2) is 4.60. The normalized spacial score (nSPS) is 9.86. The predicted octanol–water partition coefficient (Wildman–Crippen LogP) is 0.293. The summed E-state index contributed by atoms with van der Waals surface area (Å²) in [6.07, 6.45) is 1.63. The molecule has 0 spiro atoms. The largest absolute Gasteiger partial charge is 0.355 e. The molecule has 1 heterocycles. The quantitative estimate of drug-likeness (QED) is 0.752. The molecule has 0 aliphatic heterocycles. The summed E-state index contributed by atoms with van der Waals surface area (Å²) in [4.78, 5) is 22.5. The van der Waals surface area contributed by atoms with Crippen molar-refractivity contribution in [2.24, 2.45) is 0 Å². The lowest BCUT2D eigenvalue weighted by molar-refractivity contribution is -0.121. The number of carbonyl (C=O) groups excluding carboxylic acids is 1. The first kappa shape index (κ1) is 10.5. The van der Waals surface area contributed by atoms with Gasteiger partial charge in [0, 0.05) is 18.8 Å². The number of hydrogen-bond donors (Lipinski definition) is 1. The van der Waals surface area contributed by atoms with Gasteiger partial charge in [0.2, 0.25) is 5.91 Å². The molecule has 0 radical (unpaired) electrons. The minimum atomic E-state index is -0.142. The van der Waals surface area contributed by atoms with E-state index in [1.54, 1.807) is 12.3 Å². The molecular weight excluding hydrogens is 180 g/mol. The maximum Gasteiger partial charge on any atom is 0.251 e. The Morgan fingerprint density at radius 2 is 2.29 bits per heavy atom. The van der Waals surface area contributed by atoms with Crippen molar-refractivity contribution < 1.29 is 4.79 Å². The number of rotatable bonds is 3. The van der Waals surface area contributed by atoms with Gasteiger partial charge in [-0.3, -0.25) is 9.59 Å². The SMILES string of the molecule is CCNC(=O)Cn1ccc(C)cc1=O. The molecule has 0 aliphatic rings. The molecule has 0 unspecified atom stereocenters. The van der Waals surface area contributed by atoms with E-state index in [4.69, 9.17) is 0 Å². The summed E-state index contributed by atoms with van der Waals surface area (Å²) < 4.78 is 1.39. The summed E-state index contributed by atoms with van der Waals surface area (Å²) in [6.45, 7) is 4.36. The summed E-state index contributed by atoms with van der Waals surface area (Å²) in [5, 5.41) is 2.64. The average Bonchev–Trinajstić information content (AvgIpc) is 2.10. The lowest BCUT2D eigenvalue weighted by atomic mass is 10.3.